The van der Waals surface area contributed by atoms with Gasteiger partial charge in [0.2, 0.25) is 6.19 Å². The van der Waals surface area contributed by atoms with E-state index >= 15 is 0 Å². The van der Waals surface area contributed by atoms with E-state index in [1.54, 1.807) is 0 Å². The predicted octanol–water partition coefficient (Wildman–Crippen LogP) is -1.87. The van der Waals surface area contributed by atoms with Crippen molar-refractivity contribution >= 4 is 6.03 Å². The third kappa shape index (κ3) is 5.22. The third-order valence-corrected chi connectivity index (χ3v) is 0.973. The van der Waals surface area contributed by atoms with E-state index in [4.69, 9.17) is 5.26 Å². The van der Waals surface area contributed by atoms with Crippen LogP contribution in [0.15, 0.2) is 0 Å². The molecule has 0 unspecified atom stereocenters. The number of carbonyl (C=O) groups is 1. The molecule has 2 amide bonds. The molecule has 72 valence electrons. The first kappa shape index (κ1) is 10.9. The van der Waals surface area contributed by atoms with Crippen molar-refractivity contribution in [3.8, 4) is 6.19 Å². The van der Waals surface area contributed by atoms with Crippen LogP contribution in [0.4, 0.5) is 4.79 Å². The maximum Gasteiger partial charge on any atom is 0.326 e. The van der Waals surface area contributed by atoms with Gasteiger partial charge in [-0.2, -0.15) is 5.26 Å². The fourth-order valence-corrected chi connectivity index (χ4v) is 0.480. The predicted molar refractivity (Wildman–Crippen MR) is 40.0 cm³/mol. The zero-order valence-corrected chi connectivity index (χ0v) is 6.56. The van der Waals surface area contributed by atoms with Gasteiger partial charge in [-0.3, -0.25) is 5.43 Å². The van der Waals surface area contributed by atoms with Crippen LogP contribution >= 0.6 is 0 Å². The van der Waals surface area contributed by atoms with Crippen LogP contribution in [-0.2, 0) is 0 Å². The number of primary amides is 1. The van der Waals surface area contributed by atoms with Crippen LogP contribution in [0.25, 0.3) is 0 Å². The molecule has 0 saturated heterocycles. The van der Waals surface area contributed by atoms with Crippen molar-refractivity contribution in [3.63, 3.8) is 0 Å². The Labute approximate surface area is 73.2 Å². The molecule has 0 radical (unpaired) electrons. The normalized spacial score (nSPS) is 8.54. The monoisotopic (exact) mass is 188 g/mol. The molecule has 9 nitrogen and oxygen atoms in total. The lowest BCUT2D eigenvalue weighted by Gasteiger charge is -2.05. The minimum Gasteiger partial charge on any atom is -0.351 e. The lowest BCUT2D eigenvalue weighted by Crippen LogP contribution is -2.44. The number of hydrogen-bond acceptors (Lipinski definition) is 5. The molecule has 0 fully saturated rings. The number of nitriles is 1. The van der Waals surface area contributed by atoms with Crippen molar-refractivity contribution in [2.24, 2.45) is 5.73 Å². The van der Waals surface area contributed by atoms with E-state index in [2.05, 4.69) is 11.2 Å². The molecule has 0 aliphatic rings. The van der Waals surface area contributed by atoms with Crippen LogP contribution < -0.4 is 16.6 Å². The van der Waals surface area contributed by atoms with Gasteiger partial charge in [0.15, 0.2) is 5.03 Å². The molecule has 0 aromatic heterocycles. The highest BCUT2D eigenvalue weighted by atomic mass is 16.7. The highest BCUT2D eigenvalue weighted by Crippen LogP contribution is 1.81. The zero-order valence-electron chi connectivity index (χ0n) is 6.56. The molecule has 0 aliphatic heterocycles. The first-order valence-corrected chi connectivity index (χ1v) is 3.17. The number of nitrogens with zero attached hydrogens (tertiary/aromatic N) is 3. The number of hydrogen-bond donors (Lipinski definition) is 3. The molecule has 0 rings (SSSR count). The Balaban J connectivity index is 3.57. The van der Waals surface area contributed by atoms with Crippen LogP contribution in [-0.4, -0.2) is 29.2 Å². The molecule has 9 heteroatoms. The van der Waals surface area contributed by atoms with E-state index in [0.717, 1.165) is 0 Å². The molecule has 0 heterocycles. The summed E-state index contributed by atoms with van der Waals surface area (Å²) in [5.41, 5.74) is 8.95. The summed E-state index contributed by atoms with van der Waals surface area (Å²) in [5.74, 6) is 0. The number of amides is 2. The molecule has 0 aromatic carbocycles. The Bertz CT molecular complexity index is 235. The van der Waals surface area contributed by atoms with Gasteiger partial charge in [0.05, 0.1) is 0 Å². The van der Waals surface area contributed by atoms with Crippen LogP contribution in [0.3, 0.4) is 0 Å². The fraction of sp³-hybridized carbons (Fsp3) is 0.500. The van der Waals surface area contributed by atoms with Gasteiger partial charge in [-0.25, -0.2) is 20.3 Å². The molecule has 0 spiro atoms. The van der Waals surface area contributed by atoms with E-state index < -0.39 is 11.1 Å². The van der Waals surface area contributed by atoms with Crippen LogP contribution in [0.5, 0.6) is 0 Å². The number of nitro groups is 1. The summed E-state index contributed by atoms with van der Waals surface area (Å²) in [6.45, 7) is -0.124. The van der Waals surface area contributed by atoms with Crippen molar-refractivity contribution in [3.05, 3.63) is 10.1 Å². The minimum absolute atomic E-state index is 0.0392. The van der Waals surface area contributed by atoms with E-state index in [-0.39, 0.29) is 13.1 Å². The molecule has 0 atom stereocenters. The molecular weight excluding hydrogens is 180 g/mol. The Morgan fingerprint density at radius 1 is 1.77 bits per heavy atom. The second-order valence-electron chi connectivity index (χ2n) is 1.88. The van der Waals surface area contributed by atoms with Crippen molar-refractivity contribution in [1.82, 2.24) is 15.9 Å². The minimum atomic E-state index is -0.855. The number of urea groups is 1. The molecule has 0 bridgehead atoms. The highest BCUT2D eigenvalue weighted by Gasteiger charge is 2.11. The molecule has 13 heavy (non-hydrogen) atoms. The van der Waals surface area contributed by atoms with Gasteiger partial charge in [-0.15, -0.1) is 0 Å². The maximum atomic E-state index is 10.1. The summed E-state index contributed by atoms with van der Waals surface area (Å²) in [6.07, 6.45) is 1.34. The van der Waals surface area contributed by atoms with Gasteiger partial charge < -0.3 is 5.73 Å². The van der Waals surface area contributed by atoms with Crippen molar-refractivity contribution in [2.75, 3.05) is 13.1 Å². The van der Waals surface area contributed by atoms with Gasteiger partial charge in [-0.1, -0.05) is 0 Å². The van der Waals surface area contributed by atoms with Crippen LogP contribution in [0, 0.1) is 21.6 Å². The Kier molecular flexibility index (Phi) is 4.67. The summed E-state index contributed by atoms with van der Waals surface area (Å²) >= 11 is 0. The fourth-order valence-electron chi connectivity index (χ4n) is 0.480. The average Bonchev–Trinajstić information content (AvgIpc) is 2.03. The zero-order chi connectivity index (χ0) is 10.3. The first-order valence-electron chi connectivity index (χ1n) is 3.17. The second-order valence-corrected chi connectivity index (χ2v) is 1.88. The second kappa shape index (κ2) is 5.56. The summed E-state index contributed by atoms with van der Waals surface area (Å²) < 4.78 is 0. The Morgan fingerprint density at radius 3 is 2.77 bits per heavy atom. The molecular formula is C4H8N6O3. The van der Waals surface area contributed by atoms with E-state index in [1.165, 1.54) is 6.19 Å². The van der Waals surface area contributed by atoms with Gasteiger partial charge in [0, 0.05) is 6.54 Å². The van der Waals surface area contributed by atoms with Gasteiger partial charge in [-0.05, 0) is 5.01 Å². The number of rotatable bonds is 5. The number of nitrogens with one attached hydrogen (secondary N) is 2. The SMILES string of the molecule is N#CN(CCNNC(N)=O)[N+](=O)[O-]. The smallest absolute Gasteiger partial charge is 0.326 e. The Hall–Kier alpha value is -2.08. The summed E-state index contributed by atoms with van der Waals surface area (Å²) in [4.78, 5) is 20.1. The highest BCUT2D eigenvalue weighted by molar-refractivity contribution is 5.70. The maximum absolute atomic E-state index is 10.1. The quantitative estimate of drug-likeness (QED) is 0.152. The molecule has 4 N–H and O–H groups in total. The summed E-state index contributed by atoms with van der Waals surface area (Å²) in [7, 11) is 0. The molecule has 0 aromatic rings. The number of nitrogens with two attached hydrogens (primary N) is 1. The van der Waals surface area contributed by atoms with Gasteiger partial charge in [0.1, 0.15) is 6.54 Å². The van der Waals surface area contributed by atoms with E-state index in [0.29, 0.717) is 5.01 Å². The van der Waals surface area contributed by atoms with E-state index in [9.17, 15) is 14.9 Å². The molecule has 0 aliphatic carbocycles. The molecule has 0 saturated carbocycles. The first-order chi connectivity index (χ1) is 6.07. The number of carbonyl (C=O) groups excluding carboxylic acids is 1. The van der Waals surface area contributed by atoms with Gasteiger partial charge >= 0.3 is 6.03 Å². The Morgan fingerprint density at radius 2 is 2.38 bits per heavy atom. The van der Waals surface area contributed by atoms with Crippen molar-refractivity contribution < 1.29 is 9.83 Å². The lowest BCUT2D eigenvalue weighted by molar-refractivity contribution is -0.635. The average molecular weight is 188 g/mol. The third-order valence-electron chi connectivity index (χ3n) is 0.973. The summed E-state index contributed by atoms with van der Waals surface area (Å²) in [5, 5.41) is 17.7. The largest absolute Gasteiger partial charge is 0.351 e. The summed E-state index contributed by atoms with van der Waals surface area (Å²) in [6, 6.07) is -0.801. The van der Waals surface area contributed by atoms with Crippen molar-refractivity contribution in [2.45, 2.75) is 0 Å². The lowest BCUT2D eigenvalue weighted by atomic mass is 10.6. The van der Waals surface area contributed by atoms with Crippen LogP contribution in [0.2, 0.25) is 0 Å². The van der Waals surface area contributed by atoms with Crippen LogP contribution in [0.1, 0.15) is 0 Å². The number of hydrazine groups is 2. The van der Waals surface area contributed by atoms with Crippen molar-refractivity contribution in [1.29, 1.82) is 5.26 Å². The van der Waals surface area contributed by atoms with E-state index in [1.807, 2.05) is 5.43 Å². The van der Waals surface area contributed by atoms with Gasteiger partial charge in [0.25, 0.3) is 0 Å². The topological polar surface area (TPSA) is 137 Å². The standard InChI is InChI=1S/C4H8N6O3/c5-3-9(10(12)13)2-1-7-8-4(6)11/h7H,1-2H2,(H3,6,8,11).